The van der Waals surface area contributed by atoms with Gasteiger partial charge in [-0.2, -0.15) is 0 Å². The molecule has 0 unspecified atom stereocenters. The molecule has 0 radical (unpaired) electrons. The first-order chi connectivity index (χ1) is 8.28. The average Bonchev–Trinajstić information content (AvgIpc) is 2.30. The van der Waals surface area contributed by atoms with E-state index in [0.29, 0.717) is 13.5 Å². The molecule has 0 saturated carbocycles. The maximum atomic E-state index is 5.62. The minimum atomic E-state index is -1.44. The summed E-state index contributed by atoms with van der Waals surface area (Å²) >= 11 is 0. The fourth-order valence-electron chi connectivity index (χ4n) is 1.60. The van der Waals surface area contributed by atoms with Crippen molar-refractivity contribution in [2.75, 3.05) is 47.4 Å². The number of nitrogens with zero attached hydrogens (tertiary/aromatic N) is 1. The van der Waals surface area contributed by atoms with E-state index in [1.54, 1.807) is 14.2 Å². The summed E-state index contributed by atoms with van der Waals surface area (Å²) in [4.78, 5) is 2.11. The standard InChI is InChI=1S/C11H27NO4Si/c1-5-15-17(16-6-2)9-7-8-12(10-13-3)11-14-4/h17H,5-11H2,1-4H3. The number of hydrogen-bond acceptors (Lipinski definition) is 5. The first kappa shape index (κ1) is 17.0. The van der Waals surface area contributed by atoms with Gasteiger partial charge in [0.15, 0.2) is 0 Å². The Kier molecular flexibility index (Phi) is 12.5. The lowest BCUT2D eigenvalue weighted by molar-refractivity contribution is -0.0134. The molecule has 0 aliphatic rings. The van der Waals surface area contributed by atoms with Gasteiger partial charge in [0, 0.05) is 34.0 Å². The van der Waals surface area contributed by atoms with E-state index in [9.17, 15) is 0 Å². The van der Waals surface area contributed by atoms with Crippen LogP contribution in [0.3, 0.4) is 0 Å². The molecule has 0 bridgehead atoms. The highest BCUT2D eigenvalue weighted by Gasteiger charge is 2.12. The highest BCUT2D eigenvalue weighted by Crippen LogP contribution is 2.04. The van der Waals surface area contributed by atoms with E-state index in [4.69, 9.17) is 18.3 Å². The molecule has 0 saturated heterocycles. The summed E-state index contributed by atoms with van der Waals surface area (Å²) in [5.41, 5.74) is 0. The van der Waals surface area contributed by atoms with Crippen LogP contribution in [0.1, 0.15) is 20.3 Å². The maximum Gasteiger partial charge on any atom is 0.321 e. The van der Waals surface area contributed by atoms with Crippen LogP contribution in [0.4, 0.5) is 0 Å². The van der Waals surface area contributed by atoms with Crippen LogP contribution in [-0.2, 0) is 18.3 Å². The smallest absolute Gasteiger partial charge is 0.321 e. The van der Waals surface area contributed by atoms with Crippen LogP contribution in [0.15, 0.2) is 0 Å². The minimum absolute atomic E-state index is 0.601. The lowest BCUT2D eigenvalue weighted by Crippen LogP contribution is -2.31. The summed E-state index contributed by atoms with van der Waals surface area (Å²) in [5.74, 6) is 0. The van der Waals surface area contributed by atoms with E-state index in [2.05, 4.69) is 4.90 Å². The van der Waals surface area contributed by atoms with Gasteiger partial charge in [-0.3, -0.25) is 4.90 Å². The van der Waals surface area contributed by atoms with Crippen molar-refractivity contribution < 1.29 is 18.3 Å². The van der Waals surface area contributed by atoms with E-state index in [1.807, 2.05) is 13.8 Å². The van der Waals surface area contributed by atoms with E-state index in [1.165, 1.54) is 0 Å². The first-order valence-electron chi connectivity index (χ1n) is 6.21. The molecule has 6 heteroatoms. The summed E-state index contributed by atoms with van der Waals surface area (Å²) in [7, 11) is 1.95. The Hall–Kier alpha value is 0.0169. The van der Waals surface area contributed by atoms with Crippen LogP contribution in [0.2, 0.25) is 6.04 Å². The van der Waals surface area contributed by atoms with Gasteiger partial charge in [0.25, 0.3) is 0 Å². The minimum Gasteiger partial charge on any atom is -0.397 e. The van der Waals surface area contributed by atoms with Crippen LogP contribution >= 0.6 is 0 Å². The van der Waals surface area contributed by atoms with Crippen LogP contribution < -0.4 is 0 Å². The second-order valence-corrected chi connectivity index (χ2v) is 5.82. The highest BCUT2D eigenvalue weighted by molar-refractivity contribution is 6.44. The molecular formula is C11H27NO4Si. The molecule has 0 aromatic carbocycles. The van der Waals surface area contributed by atoms with Crippen molar-refractivity contribution in [2.45, 2.75) is 26.3 Å². The monoisotopic (exact) mass is 265 g/mol. The summed E-state index contributed by atoms with van der Waals surface area (Å²) in [6, 6.07) is 1.03. The van der Waals surface area contributed by atoms with Crippen molar-refractivity contribution in [3.8, 4) is 0 Å². The third-order valence-corrected chi connectivity index (χ3v) is 4.53. The predicted octanol–water partition coefficient (Wildman–Crippen LogP) is 1.18. The lowest BCUT2D eigenvalue weighted by Gasteiger charge is -2.21. The average molecular weight is 265 g/mol. The third-order valence-electron chi connectivity index (χ3n) is 2.24. The summed E-state index contributed by atoms with van der Waals surface area (Å²) in [5, 5.41) is 0. The molecule has 0 aromatic heterocycles. The van der Waals surface area contributed by atoms with Crippen LogP contribution in [0, 0.1) is 0 Å². The van der Waals surface area contributed by atoms with Gasteiger partial charge in [0.05, 0.1) is 0 Å². The predicted molar refractivity (Wildman–Crippen MR) is 70.3 cm³/mol. The Morgan fingerprint density at radius 2 is 1.47 bits per heavy atom. The second kappa shape index (κ2) is 12.5. The van der Waals surface area contributed by atoms with Crippen molar-refractivity contribution in [3.63, 3.8) is 0 Å². The quantitative estimate of drug-likeness (QED) is 0.391. The van der Waals surface area contributed by atoms with E-state index >= 15 is 0 Å². The Bertz CT molecular complexity index is 134. The zero-order valence-electron chi connectivity index (χ0n) is 11.6. The van der Waals surface area contributed by atoms with E-state index < -0.39 is 9.28 Å². The Morgan fingerprint density at radius 3 is 1.88 bits per heavy atom. The first-order valence-corrected chi connectivity index (χ1v) is 7.97. The topological polar surface area (TPSA) is 40.2 Å². The molecule has 0 rings (SSSR count). The molecule has 17 heavy (non-hydrogen) atoms. The lowest BCUT2D eigenvalue weighted by atomic mass is 10.4. The molecule has 5 nitrogen and oxygen atoms in total. The zero-order valence-corrected chi connectivity index (χ0v) is 12.8. The summed E-state index contributed by atoms with van der Waals surface area (Å²) in [6.45, 7) is 7.67. The fraction of sp³-hybridized carbons (Fsp3) is 1.00. The van der Waals surface area contributed by atoms with E-state index in [0.717, 1.165) is 32.2 Å². The van der Waals surface area contributed by atoms with Crippen molar-refractivity contribution >= 4 is 9.28 Å². The molecular weight excluding hydrogens is 238 g/mol. The zero-order chi connectivity index (χ0) is 12.9. The number of hydrogen-bond donors (Lipinski definition) is 0. The normalized spacial score (nSPS) is 11.6. The largest absolute Gasteiger partial charge is 0.397 e. The Morgan fingerprint density at radius 1 is 0.941 bits per heavy atom. The van der Waals surface area contributed by atoms with Gasteiger partial charge in [0.1, 0.15) is 13.5 Å². The van der Waals surface area contributed by atoms with Crippen LogP contribution in [0.5, 0.6) is 0 Å². The van der Waals surface area contributed by atoms with E-state index in [-0.39, 0.29) is 0 Å². The van der Waals surface area contributed by atoms with Gasteiger partial charge >= 0.3 is 9.28 Å². The number of rotatable bonds is 12. The highest BCUT2D eigenvalue weighted by atomic mass is 28.3. The summed E-state index contributed by atoms with van der Waals surface area (Å²) in [6.07, 6.45) is 1.06. The molecule has 0 fully saturated rings. The summed E-state index contributed by atoms with van der Waals surface area (Å²) < 4.78 is 21.4. The van der Waals surface area contributed by atoms with Gasteiger partial charge in [-0.05, 0) is 26.3 Å². The van der Waals surface area contributed by atoms with Crippen molar-refractivity contribution in [2.24, 2.45) is 0 Å². The molecule has 104 valence electrons. The SMILES string of the molecule is CCO[SiH](CCCN(COC)COC)OCC. The van der Waals surface area contributed by atoms with Gasteiger partial charge in [-0.15, -0.1) is 0 Å². The molecule has 0 N–H and O–H groups in total. The van der Waals surface area contributed by atoms with Gasteiger partial charge in [-0.1, -0.05) is 0 Å². The third kappa shape index (κ3) is 9.69. The van der Waals surface area contributed by atoms with Gasteiger partial charge < -0.3 is 18.3 Å². The Labute approximate surface area is 107 Å². The fourth-order valence-corrected chi connectivity index (χ4v) is 3.29. The van der Waals surface area contributed by atoms with Crippen molar-refractivity contribution in [3.05, 3.63) is 0 Å². The van der Waals surface area contributed by atoms with Crippen molar-refractivity contribution in [1.29, 1.82) is 0 Å². The van der Waals surface area contributed by atoms with Crippen molar-refractivity contribution in [1.82, 2.24) is 4.90 Å². The Balaban J connectivity index is 3.73. The van der Waals surface area contributed by atoms with Gasteiger partial charge in [0.2, 0.25) is 0 Å². The molecule has 0 aliphatic carbocycles. The molecule has 0 aromatic rings. The molecule has 0 aliphatic heterocycles. The molecule has 0 atom stereocenters. The molecule has 0 heterocycles. The maximum absolute atomic E-state index is 5.62. The van der Waals surface area contributed by atoms with Crippen LogP contribution in [-0.4, -0.2) is 61.6 Å². The molecule has 0 amide bonds. The second-order valence-electron chi connectivity index (χ2n) is 3.71. The van der Waals surface area contributed by atoms with Gasteiger partial charge in [-0.25, -0.2) is 0 Å². The number of methoxy groups -OCH3 is 2. The number of ether oxygens (including phenoxy) is 2. The van der Waals surface area contributed by atoms with Crippen LogP contribution in [0.25, 0.3) is 0 Å². The molecule has 0 spiro atoms.